The first-order valence-corrected chi connectivity index (χ1v) is 6.74. The summed E-state index contributed by atoms with van der Waals surface area (Å²) < 4.78 is 10.8. The van der Waals surface area contributed by atoms with Crippen molar-refractivity contribution in [1.82, 2.24) is 10.2 Å². The van der Waals surface area contributed by atoms with Crippen LogP contribution in [-0.4, -0.2) is 49.7 Å². The van der Waals surface area contributed by atoms with Crippen LogP contribution < -0.4 is 10.6 Å². The molecule has 0 aliphatic heterocycles. The van der Waals surface area contributed by atoms with Crippen LogP contribution in [0.2, 0.25) is 0 Å². The Kier molecular flexibility index (Phi) is 8.04. The molecule has 0 saturated carbocycles. The summed E-state index contributed by atoms with van der Waals surface area (Å²) in [5.41, 5.74) is 6.31. The fraction of sp³-hybridized carbons (Fsp3) is 0.692. The molecule has 6 heteroatoms. The van der Waals surface area contributed by atoms with E-state index in [1.165, 1.54) is 0 Å². The Morgan fingerprint density at radius 1 is 1.05 bits per heavy atom. The van der Waals surface area contributed by atoms with Crippen LogP contribution in [0.3, 0.4) is 0 Å². The van der Waals surface area contributed by atoms with Crippen LogP contribution in [-0.2, 0) is 16.0 Å². The van der Waals surface area contributed by atoms with Crippen LogP contribution in [0.1, 0.15) is 19.5 Å². The maximum atomic E-state index is 5.52. The molecule has 0 aliphatic rings. The fourth-order valence-corrected chi connectivity index (χ4v) is 1.61. The van der Waals surface area contributed by atoms with E-state index < -0.39 is 0 Å². The summed E-state index contributed by atoms with van der Waals surface area (Å²) in [6, 6.07) is 3.84. The molecule has 0 fully saturated rings. The molecule has 0 aliphatic carbocycles. The minimum Gasteiger partial charge on any atom is -0.380 e. The van der Waals surface area contributed by atoms with Crippen LogP contribution in [0.4, 0.5) is 5.82 Å². The van der Waals surface area contributed by atoms with E-state index in [0.717, 1.165) is 37.8 Å². The third-order valence-electron chi connectivity index (χ3n) is 2.66. The number of nitrogens with two attached hydrogens (primary N) is 1. The van der Waals surface area contributed by atoms with Crippen molar-refractivity contribution in [2.24, 2.45) is 5.73 Å². The van der Waals surface area contributed by atoms with Gasteiger partial charge in [-0.3, -0.25) is 0 Å². The average molecular weight is 268 g/mol. The summed E-state index contributed by atoms with van der Waals surface area (Å²) in [5.74, 6) is 0.830. The Bertz CT molecular complexity index is 322. The zero-order valence-corrected chi connectivity index (χ0v) is 11.8. The van der Waals surface area contributed by atoms with Crippen LogP contribution >= 0.6 is 0 Å². The Hall–Kier alpha value is -1.24. The largest absolute Gasteiger partial charge is 0.380 e. The van der Waals surface area contributed by atoms with Gasteiger partial charge in [-0.25, -0.2) is 0 Å². The van der Waals surface area contributed by atoms with Crippen molar-refractivity contribution in [3.8, 4) is 0 Å². The molecule has 0 saturated heterocycles. The summed E-state index contributed by atoms with van der Waals surface area (Å²) in [6.45, 7) is 8.71. The van der Waals surface area contributed by atoms with E-state index in [0.29, 0.717) is 19.8 Å². The summed E-state index contributed by atoms with van der Waals surface area (Å²) in [7, 11) is 0. The van der Waals surface area contributed by atoms with Crippen molar-refractivity contribution < 1.29 is 9.47 Å². The average Bonchev–Trinajstić information content (AvgIpc) is 2.46. The van der Waals surface area contributed by atoms with Crippen molar-refractivity contribution >= 4 is 5.82 Å². The Balaban J connectivity index is 2.58. The first-order chi connectivity index (χ1) is 9.31. The molecule has 0 spiro atoms. The molecule has 1 rings (SSSR count). The molecule has 0 bridgehead atoms. The van der Waals surface area contributed by atoms with Gasteiger partial charge in [0.1, 0.15) is 0 Å². The maximum absolute atomic E-state index is 5.52. The Morgan fingerprint density at radius 2 is 1.68 bits per heavy atom. The molecule has 1 aromatic rings. The van der Waals surface area contributed by atoms with Crippen molar-refractivity contribution in [2.45, 2.75) is 20.4 Å². The van der Waals surface area contributed by atoms with Gasteiger partial charge in [0.2, 0.25) is 0 Å². The monoisotopic (exact) mass is 268 g/mol. The van der Waals surface area contributed by atoms with Crippen molar-refractivity contribution in [3.63, 3.8) is 0 Å². The highest BCUT2D eigenvalue weighted by Crippen LogP contribution is 2.09. The highest BCUT2D eigenvalue weighted by molar-refractivity contribution is 5.37. The van der Waals surface area contributed by atoms with E-state index in [9.17, 15) is 0 Å². The van der Waals surface area contributed by atoms with Gasteiger partial charge in [-0.1, -0.05) is 0 Å². The van der Waals surface area contributed by atoms with Gasteiger partial charge in [0.15, 0.2) is 5.82 Å². The summed E-state index contributed by atoms with van der Waals surface area (Å²) in [5, 5.41) is 8.27. The molecule has 0 atom stereocenters. The molecular weight excluding hydrogens is 244 g/mol. The number of ether oxygens (including phenoxy) is 2. The smallest absolute Gasteiger partial charge is 0.151 e. The fourth-order valence-electron chi connectivity index (χ4n) is 1.61. The lowest BCUT2D eigenvalue weighted by Gasteiger charge is -2.23. The van der Waals surface area contributed by atoms with Crippen LogP contribution in [0.5, 0.6) is 0 Å². The summed E-state index contributed by atoms with van der Waals surface area (Å²) >= 11 is 0. The molecule has 6 nitrogen and oxygen atoms in total. The SMILES string of the molecule is CCOCCN(CCOCC)c1ccc(CN)nn1. The van der Waals surface area contributed by atoms with E-state index in [4.69, 9.17) is 15.2 Å². The molecule has 19 heavy (non-hydrogen) atoms. The lowest BCUT2D eigenvalue weighted by atomic mass is 10.3. The van der Waals surface area contributed by atoms with Crippen molar-refractivity contribution in [1.29, 1.82) is 0 Å². The van der Waals surface area contributed by atoms with Crippen molar-refractivity contribution in [2.75, 3.05) is 44.4 Å². The summed E-state index contributed by atoms with van der Waals surface area (Å²) in [6.07, 6.45) is 0. The van der Waals surface area contributed by atoms with Gasteiger partial charge in [-0.15, -0.1) is 5.10 Å². The normalized spacial score (nSPS) is 10.7. The van der Waals surface area contributed by atoms with E-state index in [2.05, 4.69) is 15.1 Å². The number of hydrogen-bond acceptors (Lipinski definition) is 6. The lowest BCUT2D eigenvalue weighted by Crippen LogP contribution is -2.32. The van der Waals surface area contributed by atoms with Crippen LogP contribution in [0.15, 0.2) is 12.1 Å². The quantitative estimate of drug-likeness (QED) is 0.633. The minimum absolute atomic E-state index is 0.408. The standard InChI is InChI=1S/C13H24N4O2/c1-3-18-9-7-17(8-10-19-4-2)13-6-5-12(11-14)15-16-13/h5-6H,3-4,7-11,14H2,1-2H3. The predicted octanol–water partition coefficient (Wildman–Crippen LogP) is 0.815. The lowest BCUT2D eigenvalue weighted by molar-refractivity contribution is 0.141. The van der Waals surface area contributed by atoms with Gasteiger partial charge < -0.3 is 20.1 Å². The molecular formula is C13H24N4O2. The Morgan fingerprint density at radius 3 is 2.11 bits per heavy atom. The molecule has 0 amide bonds. The zero-order valence-electron chi connectivity index (χ0n) is 11.8. The minimum atomic E-state index is 0.408. The third-order valence-corrected chi connectivity index (χ3v) is 2.66. The third kappa shape index (κ3) is 5.96. The van der Waals surface area contributed by atoms with Crippen LogP contribution in [0, 0.1) is 0 Å². The predicted molar refractivity (Wildman–Crippen MR) is 75.1 cm³/mol. The first-order valence-electron chi connectivity index (χ1n) is 6.74. The topological polar surface area (TPSA) is 73.5 Å². The molecule has 108 valence electrons. The highest BCUT2D eigenvalue weighted by atomic mass is 16.5. The van der Waals surface area contributed by atoms with E-state index in [1.807, 2.05) is 26.0 Å². The molecule has 0 radical (unpaired) electrons. The van der Waals surface area contributed by atoms with Gasteiger partial charge >= 0.3 is 0 Å². The maximum Gasteiger partial charge on any atom is 0.151 e. The van der Waals surface area contributed by atoms with E-state index >= 15 is 0 Å². The number of anilines is 1. The highest BCUT2D eigenvalue weighted by Gasteiger charge is 2.08. The van der Waals surface area contributed by atoms with E-state index in [1.54, 1.807) is 0 Å². The first kappa shape index (κ1) is 15.8. The van der Waals surface area contributed by atoms with Crippen molar-refractivity contribution in [3.05, 3.63) is 17.8 Å². The van der Waals surface area contributed by atoms with Gasteiger partial charge in [-0.05, 0) is 26.0 Å². The van der Waals surface area contributed by atoms with Crippen LogP contribution in [0.25, 0.3) is 0 Å². The molecule has 2 N–H and O–H groups in total. The number of aromatic nitrogens is 2. The molecule has 1 aromatic heterocycles. The zero-order chi connectivity index (χ0) is 13.9. The van der Waals surface area contributed by atoms with Gasteiger partial charge in [0.25, 0.3) is 0 Å². The second-order valence-electron chi connectivity index (χ2n) is 3.97. The van der Waals surface area contributed by atoms with E-state index in [-0.39, 0.29) is 0 Å². The number of nitrogens with zero attached hydrogens (tertiary/aromatic N) is 3. The summed E-state index contributed by atoms with van der Waals surface area (Å²) in [4.78, 5) is 2.11. The van der Waals surface area contributed by atoms with Gasteiger partial charge in [-0.2, -0.15) is 5.10 Å². The molecule has 0 unspecified atom stereocenters. The second kappa shape index (κ2) is 9.66. The Labute approximate surface area is 114 Å². The number of hydrogen-bond donors (Lipinski definition) is 1. The molecule has 1 heterocycles. The van der Waals surface area contributed by atoms with Gasteiger partial charge in [0.05, 0.1) is 18.9 Å². The second-order valence-corrected chi connectivity index (χ2v) is 3.97. The van der Waals surface area contributed by atoms with Gasteiger partial charge in [0, 0.05) is 32.8 Å². The number of rotatable bonds is 10. The molecule has 0 aromatic carbocycles.